The van der Waals surface area contributed by atoms with Crippen LogP contribution in [0.1, 0.15) is 40.5 Å². The summed E-state index contributed by atoms with van der Waals surface area (Å²) in [5.41, 5.74) is 0.819. The Morgan fingerprint density at radius 3 is 2.63 bits per heavy atom. The molecule has 0 saturated carbocycles. The lowest BCUT2D eigenvalue weighted by molar-refractivity contribution is 0.0507. The van der Waals surface area contributed by atoms with E-state index < -0.39 is 5.60 Å². The summed E-state index contributed by atoms with van der Waals surface area (Å²) in [5.74, 6) is 1.52. The smallest absolute Gasteiger partial charge is 0.407 e. The van der Waals surface area contributed by atoms with E-state index in [0.717, 1.165) is 51.6 Å². The SMILES string of the molecule is CCNC(=NCC1CCN(c2ccccc2)C1)N1CCC(NC(=O)OC(C)(C)C)C1. The van der Waals surface area contributed by atoms with Crippen molar-refractivity contribution in [1.29, 1.82) is 0 Å². The summed E-state index contributed by atoms with van der Waals surface area (Å²) in [6, 6.07) is 10.7. The molecule has 0 aromatic heterocycles. The van der Waals surface area contributed by atoms with E-state index in [4.69, 9.17) is 9.73 Å². The molecule has 2 atom stereocenters. The molecule has 2 N–H and O–H groups in total. The number of guanidine groups is 1. The highest BCUT2D eigenvalue weighted by molar-refractivity contribution is 5.80. The molecule has 2 heterocycles. The number of ether oxygens (including phenoxy) is 1. The molecule has 1 amide bonds. The average molecular weight is 416 g/mol. The van der Waals surface area contributed by atoms with Crippen LogP contribution in [0.2, 0.25) is 0 Å². The van der Waals surface area contributed by atoms with E-state index in [2.05, 4.69) is 57.7 Å². The van der Waals surface area contributed by atoms with Crippen LogP contribution in [0.5, 0.6) is 0 Å². The van der Waals surface area contributed by atoms with E-state index in [9.17, 15) is 4.79 Å². The number of benzene rings is 1. The normalized spacial score (nSPS) is 22.3. The average Bonchev–Trinajstić information content (AvgIpc) is 3.34. The summed E-state index contributed by atoms with van der Waals surface area (Å²) in [7, 11) is 0. The molecular formula is C23H37N5O2. The number of nitrogens with zero attached hydrogens (tertiary/aromatic N) is 3. The first-order valence-corrected chi connectivity index (χ1v) is 11.2. The Labute approximate surface area is 180 Å². The zero-order chi connectivity index (χ0) is 21.6. The topological polar surface area (TPSA) is 69.2 Å². The van der Waals surface area contributed by atoms with Crippen LogP contribution in [0, 0.1) is 5.92 Å². The van der Waals surface area contributed by atoms with Crippen molar-refractivity contribution < 1.29 is 9.53 Å². The molecule has 2 aliphatic rings. The number of alkyl carbamates (subject to hydrolysis) is 1. The summed E-state index contributed by atoms with van der Waals surface area (Å²) < 4.78 is 5.39. The van der Waals surface area contributed by atoms with Crippen LogP contribution in [0.4, 0.5) is 10.5 Å². The second-order valence-electron chi connectivity index (χ2n) is 9.21. The maximum absolute atomic E-state index is 12.1. The first-order chi connectivity index (χ1) is 14.3. The van der Waals surface area contributed by atoms with Gasteiger partial charge >= 0.3 is 6.09 Å². The largest absolute Gasteiger partial charge is 0.444 e. The van der Waals surface area contributed by atoms with E-state index in [1.165, 1.54) is 12.1 Å². The Kier molecular flexibility index (Phi) is 7.45. The van der Waals surface area contributed by atoms with Gasteiger partial charge in [-0.25, -0.2) is 4.79 Å². The molecule has 0 spiro atoms. The highest BCUT2D eigenvalue weighted by atomic mass is 16.6. The number of aliphatic imine (C=N–C) groups is 1. The molecule has 166 valence electrons. The third kappa shape index (κ3) is 6.54. The Morgan fingerprint density at radius 1 is 1.17 bits per heavy atom. The van der Waals surface area contributed by atoms with Gasteiger partial charge in [0.05, 0.1) is 6.04 Å². The number of rotatable bonds is 5. The molecule has 2 fully saturated rings. The van der Waals surface area contributed by atoms with Crippen molar-refractivity contribution in [3.05, 3.63) is 30.3 Å². The van der Waals surface area contributed by atoms with Gasteiger partial charge in [0, 0.05) is 45.0 Å². The molecule has 0 radical (unpaired) electrons. The molecule has 2 unspecified atom stereocenters. The van der Waals surface area contributed by atoms with Gasteiger partial charge in [-0.1, -0.05) is 18.2 Å². The van der Waals surface area contributed by atoms with Crippen molar-refractivity contribution in [2.75, 3.05) is 44.2 Å². The minimum atomic E-state index is -0.478. The quantitative estimate of drug-likeness (QED) is 0.571. The van der Waals surface area contributed by atoms with Gasteiger partial charge in [-0.05, 0) is 58.6 Å². The summed E-state index contributed by atoms with van der Waals surface area (Å²) in [6.45, 7) is 13.2. The summed E-state index contributed by atoms with van der Waals surface area (Å²) in [5, 5.41) is 6.41. The molecule has 7 nitrogen and oxygen atoms in total. The Morgan fingerprint density at radius 2 is 1.93 bits per heavy atom. The van der Waals surface area contributed by atoms with Crippen molar-refractivity contribution in [3.63, 3.8) is 0 Å². The third-order valence-corrected chi connectivity index (χ3v) is 5.45. The Hall–Kier alpha value is -2.44. The molecule has 2 saturated heterocycles. The standard InChI is InChI=1S/C23H37N5O2/c1-5-24-21(28-14-12-19(17-28)26-22(29)30-23(2,3)4)25-15-18-11-13-27(16-18)20-9-7-6-8-10-20/h6-10,18-19H,5,11-17H2,1-4H3,(H,24,25)(H,26,29). The predicted molar refractivity (Wildman–Crippen MR) is 122 cm³/mol. The van der Waals surface area contributed by atoms with E-state index in [-0.39, 0.29) is 12.1 Å². The first-order valence-electron chi connectivity index (χ1n) is 11.2. The zero-order valence-electron chi connectivity index (χ0n) is 18.9. The van der Waals surface area contributed by atoms with Gasteiger partial charge in [-0.2, -0.15) is 0 Å². The van der Waals surface area contributed by atoms with Crippen molar-refractivity contribution in [2.45, 2.75) is 52.2 Å². The van der Waals surface area contributed by atoms with Gasteiger partial charge in [0.1, 0.15) is 5.60 Å². The minimum absolute atomic E-state index is 0.0868. The maximum Gasteiger partial charge on any atom is 0.407 e. The van der Waals surface area contributed by atoms with E-state index in [1.807, 2.05) is 20.8 Å². The molecule has 0 aliphatic carbocycles. The van der Waals surface area contributed by atoms with Crippen LogP contribution < -0.4 is 15.5 Å². The van der Waals surface area contributed by atoms with Crippen LogP contribution in [0.15, 0.2) is 35.3 Å². The summed E-state index contributed by atoms with van der Waals surface area (Å²) in [6.07, 6.45) is 1.72. The lowest BCUT2D eigenvalue weighted by Crippen LogP contribution is -2.44. The van der Waals surface area contributed by atoms with Crippen LogP contribution in [-0.4, -0.2) is 67.9 Å². The number of hydrogen-bond acceptors (Lipinski definition) is 4. The van der Waals surface area contributed by atoms with E-state index >= 15 is 0 Å². The Bertz CT molecular complexity index is 716. The van der Waals surface area contributed by atoms with Gasteiger partial charge in [0.25, 0.3) is 0 Å². The van der Waals surface area contributed by atoms with Crippen LogP contribution in [0.25, 0.3) is 0 Å². The molecule has 2 aliphatic heterocycles. The van der Waals surface area contributed by atoms with Gasteiger partial charge in [0.2, 0.25) is 0 Å². The molecule has 30 heavy (non-hydrogen) atoms. The van der Waals surface area contributed by atoms with Gasteiger partial charge in [-0.3, -0.25) is 4.99 Å². The van der Waals surface area contributed by atoms with Crippen molar-refractivity contribution in [2.24, 2.45) is 10.9 Å². The molecule has 0 bridgehead atoms. The molecule has 1 aromatic carbocycles. The number of para-hydroxylation sites is 1. The number of amides is 1. The number of carbonyl (C=O) groups is 1. The van der Waals surface area contributed by atoms with Crippen molar-refractivity contribution in [3.8, 4) is 0 Å². The summed E-state index contributed by atoms with van der Waals surface area (Å²) >= 11 is 0. The highest BCUT2D eigenvalue weighted by Crippen LogP contribution is 2.23. The van der Waals surface area contributed by atoms with Crippen LogP contribution in [0.3, 0.4) is 0 Å². The number of carbonyl (C=O) groups excluding carboxylic acids is 1. The fourth-order valence-corrected chi connectivity index (χ4v) is 4.04. The monoisotopic (exact) mass is 415 g/mol. The second kappa shape index (κ2) is 10.0. The fourth-order valence-electron chi connectivity index (χ4n) is 4.04. The van der Waals surface area contributed by atoms with Gasteiger partial charge in [0.15, 0.2) is 5.96 Å². The summed E-state index contributed by atoms with van der Waals surface area (Å²) in [4.78, 5) is 21.7. The van der Waals surface area contributed by atoms with E-state index in [0.29, 0.717) is 5.92 Å². The third-order valence-electron chi connectivity index (χ3n) is 5.45. The molecular weight excluding hydrogens is 378 g/mol. The van der Waals surface area contributed by atoms with Crippen molar-refractivity contribution >= 4 is 17.7 Å². The molecule has 1 aromatic rings. The van der Waals surface area contributed by atoms with Crippen molar-refractivity contribution in [1.82, 2.24) is 15.5 Å². The molecule has 7 heteroatoms. The van der Waals surface area contributed by atoms with Crippen LogP contribution in [-0.2, 0) is 4.74 Å². The maximum atomic E-state index is 12.1. The lowest BCUT2D eigenvalue weighted by Gasteiger charge is -2.24. The van der Waals surface area contributed by atoms with Gasteiger partial charge < -0.3 is 25.2 Å². The van der Waals surface area contributed by atoms with E-state index in [1.54, 1.807) is 0 Å². The first kappa shape index (κ1) is 22.2. The number of nitrogens with one attached hydrogen (secondary N) is 2. The van der Waals surface area contributed by atoms with Gasteiger partial charge in [-0.15, -0.1) is 0 Å². The second-order valence-corrected chi connectivity index (χ2v) is 9.21. The minimum Gasteiger partial charge on any atom is -0.444 e. The zero-order valence-corrected chi connectivity index (χ0v) is 18.9. The van der Waals surface area contributed by atoms with Crippen LogP contribution >= 0.6 is 0 Å². The highest BCUT2D eigenvalue weighted by Gasteiger charge is 2.28. The predicted octanol–water partition coefficient (Wildman–Crippen LogP) is 3.08. The Balaban J connectivity index is 1.51. The number of anilines is 1. The number of hydrogen-bond donors (Lipinski definition) is 2. The number of likely N-dealkylation sites (tertiary alicyclic amines) is 1. The fraction of sp³-hybridized carbons (Fsp3) is 0.652. The molecule has 3 rings (SSSR count). The lowest BCUT2D eigenvalue weighted by atomic mass is 10.1.